The Morgan fingerprint density at radius 3 is 3.14 bits per heavy atom. The maximum atomic E-state index is 12.2. The summed E-state index contributed by atoms with van der Waals surface area (Å²) in [5, 5.41) is 9.17. The number of likely N-dealkylation sites (tertiary alicyclic amines) is 1. The monoisotopic (exact) mass is 286 g/mol. The number of nitriles is 1. The number of fused-ring (bicyclic) bond motifs is 1. The van der Waals surface area contributed by atoms with E-state index in [1.54, 1.807) is 0 Å². The predicted molar refractivity (Wildman–Crippen MR) is 75.2 cm³/mol. The first kappa shape index (κ1) is 14.1. The number of rotatable bonds is 3. The molecule has 1 aromatic carbocycles. The second-order valence-electron chi connectivity index (χ2n) is 5.80. The van der Waals surface area contributed by atoms with Gasteiger partial charge in [-0.15, -0.1) is 0 Å². The third-order valence-corrected chi connectivity index (χ3v) is 4.57. The van der Waals surface area contributed by atoms with Crippen LogP contribution in [-0.2, 0) is 20.8 Å². The molecule has 5 heteroatoms. The Balaban J connectivity index is 1.78. The zero-order valence-corrected chi connectivity index (χ0v) is 12.0. The zero-order valence-electron chi connectivity index (χ0n) is 12.0. The van der Waals surface area contributed by atoms with Crippen molar-refractivity contribution in [2.75, 3.05) is 33.4 Å². The van der Waals surface area contributed by atoms with Gasteiger partial charge in [0.1, 0.15) is 5.41 Å². The van der Waals surface area contributed by atoms with E-state index in [1.807, 2.05) is 24.3 Å². The molecule has 0 N–H and O–H groups in total. The van der Waals surface area contributed by atoms with Crippen molar-refractivity contribution in [1.82, 2.24) is 4.90 Å². The van der Waals surface area contributed by atoms with Crippen LogP contribution in [0.15, 0.2) is 24.3 Å². The second-order valence-corrected chi connectivity index (χ2v) is 5.80. The molecule has 2 atom stereocenters. The van der Waals surface area contributed by atoms with Crippen LogP contribution >= 0.6 is 0 Å². The smallest absolute Gasteiger partial charge is 0.315 e. The molecule has 110 valence electrons. The van der Waals surface area contributed by atoms with Gasteiger partial charge in [-0.1, -0.05) is 18.2 Å². The van der Waals surface area contributed by atoms with Crippen molar-refractivity contribution >= 4 is 5.97 Å². The molecule has 0 amide bonds. The summed E-state index contributed by atoms with van der Waals surface area (Å²) >= 11 is 0. The summed E-state index contributed by atoms with van der Waals surface area (Å²) in [6.07, 6.45) is 0. The van der Waals surface area contributed by atoms with Gasteiger partial charge >= 0.3 is 5.97 Å². The summed E-state index contributed by atoms with van der Waals surface area (Å²) in [4.78, 5) is 14.4. The van der Waals surface area contributed by atoms with Crippen molar-refractivity contribution in [2.45, 2.75) is 6.54 Å². The zero-order chi connectivity index (χ0) is 14.9. The van der Waals surface area contributed by atoms with Crippen molar-refractivity contribution in [2.24, 2.45) is 11.3 Å². The lowest BCUT2D eigenvalue weighted by Gasteiger charge is -2.24. The fourth-order valence-electron chi connectivity index (χ4n) is 3.46. The number of ether oxygens (including phenoxy) is 2. The molecule has 0 bridgehead atoms. The molecule has 21 heavy (non-hydrogen) atoms. The average Bonchev–Trinajstić information content (AvgIpc) is 3.04. The fourth-order valence-corrected chi connectivity index (χ4v) is 3.46. The lowest BCUT2D eigenvalue weighted by Crippen LogP contribution is -2.40. The molecule has 0 saturated carbocycles. The highest BCUT2D eigenvalue weighted by Crippen LogP contribution is 2.42. The number of nitrogens with zero attached hydrogens (tertiary/aromatic N) is 2. The minimum atomic E-state index is -0.531. The molecule has 0 radical (unpaired) electrons. The molecule has 2 aliphatic heterocycles. The SMILES string of the molecule is COC(=O)[C@@]12COC[C@@H]1CN(Cc1ccccc1C#N)C2. The molecular weight excluding hydrogens is 268 g/mol. The molecule has 0 spiro atoms. The Hall–Kier alpha value is -1.90. The minimum Gasteiger partial charge on any atom is -0.468 e. The van der Waals surface area contributed by atoms with Gasteiger partial charge < -0.3 is 9.47 Å². The Kier molecular flexibility index (Phi) is 3.66. The number of benzene rings is 1. The molecule has 0 unspecified atom stereocenters. The first-order valence-corrected chi connectivity index (χ1v) is 7.06. The molecule has 2 heterocycles. The number of methoxy groups -OCH3 is 1. The number of esters is 1. The maximum absolute atomic E-state index is 12.2. The summed E-state index contributed by atoms with van der Waals surface area (Å²) in [5.41, 5.74) is 1.16. The highest BCUT2D eigenvalue weighted by atomic mass is 16.5. The molecule has 0 aliphatic carbocycles. The van der Waals surface area contributed by atoms with Gasteiger partial charge in [0.15, 0.2) is 0 Å². The third-order valence-electron chi connectivity index (χ3n) is 4.57. The van der Waals surface area contributed by atoms with Crippen LogP contribution in [0.3, 0.4) is 0 Å². The fraction of sp³-hybridized carbons (Fsp3) is 0.500. The van der Waals surface area contributed by atoms with Crippen molar-refractivity contribution in [1.29, 1.82) is 5.26 Å². The van der Waals surface area contributed by atoms with Crippen LogP contribution in [0.4, 0.5) is 0 Å². The van der Waals surface area contributed by atoms with E-state index in [0.29, 0.717) is 31.9 Å². The third kappa shape index (κ3) is 2.31. The van der Waals surface area contributed by atoms with Crippen LogP contribution in [0.2, 0.25) is 0 Å². The van der Waals surface area contributed by atoms with Gasteiger partial charge in [0.25, 0.3) is 0 Å². The number of carbonyl (C=O) groups excluding carboxylic acids is 1. The Morgan fingerprint density at radius 1 is 1.57 bits per heavy atom. The molecular formula is C16H18N2O3. The summed E-state index contributed by atoms with van der Waals surface area (Å²) < 4.78 is 10.5. The van der Waals surface area contributed by atoms with E-state index in [9.17, 15) is 4.79 Å². The Bertz CT molecular complexity index is 595. The lowest BCUT2D eigenvalue weighted by atomic mass is 9.81. The predicted octanol–water partition coefficient (Wildman–Crippen LogP) is 1.18. The first-order valence-electron chi connectivity index (χ1n) is 7.06. The Labute approximate surface area is 124 Å². The van der Waals surface area contributed by atoms with Crippen LogP contribution < -0.4 is 0 Å². The van der Waals surface area contributed by atoms with Crippen molar-refractivity contribution in [3.05, 3.63) is 35.4 Å². The van der Waals surface area contributed by atoms with Gasteiger partial charge in [-0.25, -0.2) is 0 Å². The molecule has 3 rings (SSSR count). The summed E-state index contributed by atoms with van der Waals surface area (Å²) in [6, 6.07) is 9.81. The van der Waals surface area contributed by atoms with Crippen LogP contribution in [0.5, 0.6) is 0 Å². The van der Waals surface area contributed by atoms with Crippen LogP contribution in [0.25, 0.3) is 0 Å². The van der Waals surface area contributed by atoms with Gasteiger partial charge in [0.2, 0.25) is 0 Å². The van der Waals surface area contributed by atoms with Crippen LogP contribution in [-0.4, -0.2) is 44.3 Å². The quantitative estimate of drug-likeness (QED) is 0.781. The second kappa shape index (κ2) is 5.47. The topological polar surface area (TPSA) is 62.6 Å². The van der Waals surface area contributed by atoms with Crippen molar-refractivity contribution in [3.63, 3.8) is 0 Å². The van der Waals surface area contributed by atoms with Gasteiger partial charge in [-0.2, -0.15) is 5.26 Å². The molecule has 2 aliphatic rings. The van der Waals surface area contributed by atoms with E-state index in [2.05, 4.69) is 11.0 Å². The highest BCUT2D eigenvalue weighted by molar-refractivity contribution is 5.78. The van der Waals surface area contributed by atoms with Gasteiger partial charge in [-0.05, 0) is 11.6 Å². The van der Waals surface area contributed by atoms with E-state index in [4.69, 9.17) is 14.7 Å². The Morgan fingerprint density at radius 2 is 2.38 bits per heavy atom. The lowest BCUT2D eigenvalue weighted by molar-refractivity contribution is -0.153. The molecule has 2 fully saturated rings. The number of hydrogen-bond acceptors (Lipinski definition) is 5. The van der Waals surface area contributed by atoms with Gasteiger partial charge in [-0.3, -0.25) is 9.69 Å². The van der Waals surface area contributed by atoms with Crippen molar-refractivity contribution < 1.29 is 14.3 Å². The minimum absolute atomic E-state index is 0.180. The largest absolute Gasteiger partial charge is 0.468 e. The van der Waals surface area contributed by atoms with E-state index < -0.39 is 5.41 Å². The standard InChI is InChI=1S/C16H18N2O3/c1-20-15(19)16-10-18(8-14(16)9-21-11-16)7-13-5-3-2-4-12(13)6-17/h2-5,14H,7-11H2,1H3/t14-,16-/m0/s1. The molecule has 1 aromatic rings. The molecule has 0 aromatic heterocycles. The van der Waals surface area contributed by atoms with Gasteiger partial charge in [0.05, 0.1) is 32.0 Å². The summed E-state index contributed by atoms with van der Waals surface area (Å²) in [5.74, 6) is 0.000247. The number of carbonyl (C=O) groups is 1. The maximum Gasteiger partial charge on any atom is 0.315 e. The van der Waals surface area contributed by atoms with Crippen LogP contribution in [0.1, 0.15) is 11.1 Å². The highest BCUT2D eigenvalue weighted by Gasteiger charge is 2.56. The van der Waals surface area contributed by atoms with Gasteiger partial charge in [0, 0.05) is 25.6 Å². The normalized spacial score (nSPS) is 28.1. The van der Waals surface area contributed by atoms with E-state index in [-0.39, 0.29) is 11.9 Å². The summed E-state index contributed by atoms with van der Waals surface area (Å²) in [7, 11) is 1.43. The van der Waals surface area contributed by atoms with E-state index in [0.717, 1.165) is 12.1 Å². The van der Waals surface area contributed by atoms with Crippen molar-refractivity contribution in [3.8, 4) is 6.07 Å². The van der Waals surface area contributed by atoms with E-state index >= 15 is 0 Å². The first-order chi connectivity index (χ1) is 10.2. The van der Waals surface area contributed by atoms with E-state index in [1.165, 1.54) is 7.11 Å². The van der Waals surface area contributed by atoms with Crippen LogP contribution in [0, 0.1) is 22.7 Å². The molecule has 5 nitrogen and oxygen atoms in total. The molecule has 2 saturated heterocycles. The average molecular weight is 286 g/mol. The summed E-state index contributed by atoms with van der Waals surface area (Å²) in [6.45, 7) is 3.14. The number of hydrogen-bond donors (Lipinski definition) is 0.